The summed E-state index contributed by atoms with van der Waals surface area (Å²) >= 11 is 0. The molecular formula is C20H24N2O2. The minimum absolute atomic E-state index is 0.0471. The van der Waals surface area contributed by atoms with Crippen molar-refractivity contribution in [3.8, 4) is 0 Å². The van der Waals surface area contributed by atoms with Crippen molar-refractivity contribution in [2.75, 3.05) is 18.0 Å². The summed E-state index contributed by atoms with van der Waals surface area (Å²) in [5, 5.41) is 2.89. The van der Waals surface area contributed by atoms with E-state index >= 15 is 0 Å². The SMILES string of the molecule is CC(=O)N(CC(=O)NCCCc1ccccc1)c1ccccc1C. The lowest BCUT2D eigenvalue weighted by molar-refractivity contribution is -0.123. The lowest BCUT2D eigenvalue weighted by Gasteiger charge is -2.22. The van der Waals surface area contributed by atoms with Gasteiger partial charge in [-0.1, -0.05) is 48.5 Å². The molecule has 0 radical (unpaired) electrons. The third-order valence-electron chi connectivity index (χ3n) is 3.90. The van der Waals surface area contributed by atoms with Crippen LogP contribution in [0.2, 0.25) is 0 Å². The van der Waals surface area contributed by atoms with Crippen molar-refractivity contribution in [3.63, 3.8) is 0 Å². The van der Waals surface area contributed by atoms with Gasteiger partial charge in [-0.15, -0.1) is 0 Å². The van der Waals surface area contributed by atoms with Crippen LogP contribution in [-0.4, -0.2) is 24.9 Å². The molecule has 2 rings (SSSR count). The summed E-state index contributed by atoms with van der Waals surface area (Å²) in [6, 6.07) is 17.8. The van der Waals surface area contributed by atoms with Crippen LogP contribution in [0.1, 0.15) is 24.5 Å². The van der Waals surface area contributed by atoms with Crippen molar-refractivity contribution in [1.29, 1.82) is 0 Å². The maximum absolute atomic E-state index is 12.1. The fraction of sp³-hybridized carbons (Fsp3) is 0.300. The Hall–Kier alpha value is -2.62. The molecule has 0 atom stereocenters. The highest BCUT2D eigenvalue weighted by atomic mass is 16.2. The van der Waals surface area contributed by atoms with Crippen molar-refractivity contribution in [2.45, 2.75) is 26.7 Å². The van der Waals surface area contributed by atoms with Crippen LogP contribution in [-0.2, 0) is 16.0 Å². The number of para-hydroxylation sites is 1. The Kier molecular flexibility index (Phi) is 6.55. The fourth-order valence-corrected chi connectivity index (χ4v) is 2.60. The van der Waals surface area contributed by atoms with Crippen molar-refractivity contribution in [2.24, 2.45) is 0 Å². The Balaban J connectivity index is 1.83. The van der Waals surface area contributed by atoms with Gasteiger partial charge in [-0.05, 0) is 37.0 Å². The van der Waals surface area contributed by atoms with Crippen molar-refractivity contribution >= 4 is 17.5 Å². The molecule has 4 heteroatoms. The van der Waals surface area contributed by atoms with E-state index in [9.17, 15) is 9.59 Å². The highest BCUT2D eigenvalue weighted by molar-refractivity contribution is 5.98. The van der Waals surface area contributed by atoms with Gasteiger partial charge in [0.15, 0.2) is 0 Å². The molecule has 2 aromatic rings. The van der Waals surface area contributed by atoms with Gasteiger partial charge >= 0.3 is 0 Å². The van der Waals surface area contributed by atoms with Gasteiger partial charge < -0.3 is 10.2 Å². The van der Waals surface area contributed by atoms with E-state index < -0.39 is 0 Å². The molecule has 1 N–H and O–H groups in total. The molecule has 0 saturated heterocycles. The van der Waals surface area contributed by atoms with Gasteiger partial charge in [-0.3, -0.25) is 9.59 Å². The van der Waals surface area contributed by atoms with Gasteiger partial charge in [-0.2, -0.15) is 0 Å². The minimum Gasteiger partial charge on any atom is -0.355 e. The summed E-state index contributed by atoms with van der Waals surface area (Å²) in [6.07, 6.45) is 1.80. The van der Waals surface area contributed by atoms with Crippen LogP contribution in [0, 0.1) is 6.92 Å². The van der Waals surface area contributed by atoms with Crippen LogP contribution in [0.25, 0.3) is 0 Å². The molecule has 24 heavy (non-hydrogen) atoms. The number of amides is 2. The van der Waals surface area contributed by atoms with Crippen LogP contribution >= 0.6 is 0 Å². The van der Waals surface area contributed by atoms with Crippen LogP contribution in [0.15, 0.2) is 54.6 Å². The number of carbonyl (C=O) groups is 2. The van der Waals surface area contributed by atoms with E-state index in [4.69, 9.17) is 0 Å². The topological polar surface area (TPSA) is 49.4 Å². The molecule has 0 aliphatic rings. The normalized spacial score (nSPS) is 10.2. The minimum atomic E-state index is -0.137. The molecule has 2 amide bonds. The van der Waals surface area contributed by atoms with E-state index in [2.05, 4.69) is 17.4 Å². The first-order valence-corrected chi connectivity index (χ1v) is 8.22. The number of aryl methyl sites for hydroxylation is 2. The van der Waals surface area contributed by atoms with E-state index in [-0.39, 0.29) is 18.4 Å². The zero-order valence-corrected chi connectivity index (χ0v) is 14.3. The number of anilines is 1. The Morgan fingerprint density at radius 3 is 2.33 bits per heavy atom. The number of nitrogens with one attached hydrogen (secondary N) is 1. The standard InChI is InChI=1S/C20H24N2O2/c1-16-9-6-7-13-19(16)22(17(2)23)15-20(24)21-14-8-12-18-10-4-3-5-11-18/h3-7,9-11,13H,8,12,14-15H2,1-2H3,(H,21,24). The second-order valence-electron chi connectivity index (χ2n) is 5.83. The third-order valence-corrected chi connectivity index (χ3v) is 3.90. The lowest BCUT2D eigenvalue weighted by atomic mass is 10.1. The van der Waals surface area contributed by atoms with Crippen molar-refractivity contribution < 1.29 is 9.59 Å². The highest BCUT2D eigenvalue weighted by Crippen LogP contribution is 2.19. The largest absolute Gasteiger partial charge is 0.355 e. The van der Waals surface area contributed by atoms with Gasteiger partial charge in [0.2, 0.25) is 11.8 Å². The van der Waals surface area contributed by atoms with Crippen molar-refractivity contribution in [1.82, 2.24) is 5.32 Å². The lowest BCUT2D eigenvalue weighted by Crippen LogP contribution is -2.40. The zero-order chi connectivity index (χ0) is 17.4. The number of carbonyl (C=O) groups excluding carboxylic acids is 2. The molecule has 0 heterocycles. The van der Waals surface area contributed by atoms with Gasteiger partial charge in [0.1, 0.15) is 6.54 Å². The van der Waals surface area contributed by atoms with Gasteiger partial charge in [-0.25, -0.2) is 0 Å². The molecule has 0 fully saturated rings. The number of hydrogen-bond acceptors (Lipinski definition) is 2. The van der Waals surface area contributed by atoms with Gasteiger partial charge in [0.25, 0.3) is 0 Å². The first-order valence-electron chi connectivity index (χ1n) is 8.22. The molecule has 0 unspecified atom stereocenters. The number of nitrogens with zero attached hydrogens (tertiary/aromatic N) is 1. The monoisotopic (exact) mass is 324 g/mol. The van der Waals surface area contributed by atoms with Crippen LogP contribution in [0.5, 0.6) is 0 Å². The van der Waals surface area contributed by atoms with E-state index in [1.165, 1.54) is 17.4 Å². The molecule has 4 nitrogen and oxygen atoms in total. The molecule has 0 aliphatic carbocycles. The summed E-state index contributed by atoms with van der Waals surface area (Å²) in [4.78, 5) is 25.6. The molecule has 126 valence electrons. The Morgan fingerprint density at radius 2 is 1.67 bits per heavy atom. The summed E-state index contributed by atoms with van der Waals surface area (Å²) < 4.78 is 0. The van der Waals surface area contributed by atoms with Crippen LogP contribution in [0.3, 0.4) is 0 Å². The van der Waals surface area contributed by atoms with Gasteiger partial charge in [0.05, 0.1) is 0 Å². The molecular weight excluding hydrogens is 300 g/mol. The van der Waals surface area contributed by atoms with Crippen molar-refractivity contribution in [3.05, 3.63) is 65.7 Å². The Labute approximate surface area is 143 Å². The van der Waals surface area contributed by atoms with E-state index in [1.807, 2.05) is 49.4 Å². The number of hydrogen-bond donors (Lipinski definition) is 1. The summed E-state index contributed by atoms with van der Waals surface area (Å²) in [5.74, 6) is -0.273. The van der Waals surface area contributed by atoms with E-state index in [1.54, 1.807) is 0 Å². The number of benzene rings is 2. The van der Waals surface area contributed by atoms with Crippen LogP contribution in [0.4, 0.5) is 5.69 Å². The zero-order valence-electron chi connectivity index (χ0n) is 14.3. The Morgan fingerprint density at radius 1 is 1.00 bits per heavy atom. The quantitative estimate of drug-likeness (QED) is 0.796. The predicted octanol–water partition coefficient (Wildman–Crippen LogP) is 3.10. The first kappa shape index (κ1) is 17.7. The van der Waals surface area contributed by atoms with E-state index in [0.717, 1.165) is 24.1 Å². The smallest absolute Gasteiger partial charge is 0.240 e. The molecule has 0 bridgehead atoms. The molecule has 0 spiro atoms. The number of rotatable bonds is 7. The average molecular weight is 324 g/mol. The molecule has 0 aliphatic heterocycles. The fourth-order valence-electron chi connectivity index (χ4n) is 2.60. The summed E-state index contributed by atoms with van der Waals surface area (Å²) in [5.41, 5.74) is 3.02. The maximum atomic E-state index is 12.1. The Bertz CT molecular complexity index is 683. The highest BCUT2D eigenvalue weighted by Gasteiger charge is 2.16. The summed E-state index contributed by atoms with van der Waals surface area (Å²) in [6.45, 7) is 4.07. The second kappa shape index (κ2) is 8.87. The molecule has 0 saturated carbocycles. The average Bonchev–Trinajstić information content (AvgIpc) is 2.58. The van der Waals surface area contributed by atoms with Crippen LogP contribution < -0.4 is 10.2 Å². The third kappa shape index (κ3) is 5.23. The molecule has 0 aromatic heterocycles. The second-order valence-corrected chi connectivity index (χ2v) is 5.83. The predicted molar refractivity (Wildman–Crippen MR) is 97.0 cm³/mol. The maximum Gasteiger partial charge on any atom is 0.240 e. The van der Waals surface area contributed by atoms with Gasteiger partial charge in [0, 0.05) is 19.2 Å². The molecule has 2 aromatic carbocycles. The summed E-state index contributed by atoms with van der Waals surface area (Å²) in [7, 11) is 0. The first-order chi connectivity index (χ1) is 11.6. The van der Waals surface area contributed by atoms with E-state index in [0.29, 0.717) is 6.54 Å².